The predicted octanol–water partition coefficient (Wildman–Crippen LogP) is 2.12. The minimum Gasteiger partial charge on any atom is -0.369 e. The third-order valence-electron chi connectivity index (χ3n) is 8.00. The zero-order chi connectivity index (χ0) is 22.9. The molecule has 3 aliphatic carbocycles. The number of nitrogens with zero attached hydrogens (tertiary/aromatic N) is 4. The summed E-state index contributed by atoms with van der Waals surface area (Å²) in [6, 6.07) is 6.14. The lowest BCUT2D eigenvalue weighted by Crippen LogP contribution is -2.52. The number of nitrogens with one attached hydrogen (secondary N) is 2. The van der Waals surface area contributed by atoms with Gasteiger partial charge in [-0.1, -0.05) is 12.2 Å². The van der Waals surface area contributed by atoms with Crippen LogP contribution in [0.15, 0.2) is 36.5 Å². The number of hydrogen-bond donors (Lipinski definition) is 3. The second-order valence-corrected chi connectivity index (χ2v) is 9.74. The molecule has 6 rings (SSSR count). The van der Waals surface area contributed by atoms with Gasteiger partial charge in [-0.25, -0.2) is 9.37 Å². The van der Waals surface area contributed by atoms with E-state index in [2.05, 4.69) is 62.6 Å². The van der Waals surface area contributed by atoms with Crippen LogP contribution in [0.5, 0.6) is 0 Å². The molecule has 1 amide bonds. The lowest BCUT2D eigenvalue weighted by atomic mass is 9.69. The highest BCUT2D eigenvalue weighted by molar-refractivity contribution is 5.90. The minimum atomic E-state index is -0.515. The normalized spacial score (nSPS) is 31.7. The van der Waals surface area contributed by atoms with Gasteiger partial charge in [-0.2, -0.15) is 4.98 Å². The number of carbonyl (C=O) groups excluding carboxylic acids is 1. The maximum atomic E-state index is 14.5. The maximum absolute atomic E-state index is 14.5. The van der Waals surface area contributed by atoms with Crippen molar-refractivity contribution in [2.24, 2.45) is 28.9 Å². The van der Waals surface area contributed by atoms with Crippen LogP contribution in [0, 0.1) is 35.9 Å². The van der Waals surface area contributed by atoms with Crippen molar-refractivity contribution in [2.45, 2.75) is 13.0 Å². The zero-order valence-corrected chi connectivity index (χ0v) is 18.8. The van der Waals surface area contributed by atoms with E-state index in [0.29, 0.717) is 5.95 Å². The number of primary amides is 1. The summed E-state index contributed by atoms with van der Waals surface area (Å²) in [5.74, 6) is -0.0107. The maximum Gasteiger partial charge on any atom is 0.229 e. The molecule has 0 unspecified atom stereocenters. The molecule has 1 saturated heterocycles. The third kappa shape index (κ3) is 2.95. The number of hydrogen-bond acceptors (Lipinski definition) is 7. The molecule has 8 nitrogen and oxygen atoms in total. The number of fused-ring (bicyclic) bond motifs is 1. The molecule has 2 saturated carbocycles. The van der Waals surface area contributed by atoms with Crippen molar-refractivity contribution in [3.8, 4) is 0 Å². The second-order valence-electron chi connectivity index (χ2n) is 9.74. The lowest BCUT2D eigenvalue weighted by Gasteiger charge is -2.40. The molecule has 0 bridgehead atoms. The summed E-state index contributed by atoms with van der Waals surface area (Å²) in [6.07, 6.45) is 5.26. The molecular formula is C24H28FN7O. The Morgan fingerprint density at radius 1 is 1.21 bits per heavy atom. The summed E-state index contributed by atoms with van der Waals surface area (Å²) in [6.45, 7) is 6.22. The average molecular weight is 450 g/mol. The van der Waals surface area contributed by atoms with Crippen LogP contribution in [-0.2, 0) is 4.79 Å². The van der Waals surface area contributed by atoms with Gasteiger partial charge in [0.2, 0.25) is 11.9 Å². The first-order valence-corrected chi connectivity index (χ1v) is 11.5. The first kappa shape index (κ1) is 20.4. The van der Waals surface area contributed by atoms with Gasteiger partial charge in [0.05, 0.1) is 11.6 Å². The van der Waals surface area contributed by atoms with Gasteiger partial charge >= 0.3 is 0 Å². The number of rotatable bonds is 6. The van der Waals surface area contributed by atoms with Gasteiger partial charge in [0.1, 0.15) is 0 Å². The molecule has 33 heavy (non-hydrogen) atoms. The van der Waals surface area contributed by atoms with E-state index < -0.39 is 11.2 Å². The summed E-state index contributed by atoms with van der Waals surface area (Å²) in [4.78, 5) is 25.2. The molecule has 2 aromatic rings. The number of benzene rings is 1. The number of piperazine rings is 1. The first-order chi connectivity index (χ1) is 15.9. The fourth-order valence-corrected chi connectivity index (χ4v) is 6.25. The molecule has 0 radical (unpaired) electrons. The van der Waals surface area contributed by atoms with Crippen LogP contribution in [0.25, 0.3) is 0 Å². The van der Waals surface area contributed by atoms with Crippen LogP contribution in [0.2, 0.25) is 0 Å². The van der Waals surface area contributed by atoms with Crippen LogP contribution >= 0.6 is 0 Å². The number of anilines is 4. The predicted molar refractivity (Wildman–Crippen MR) is 125 cm³/mol. The Morgan fingerprint density at radius 2 is 1.97 bits per heavy atom. The van der Waals surface area contributed by atoms with Crippen LogP contribution in [0.3, 0.4) is 0 Å². The molecule has 2 heterocycles. The van der Waals surface area contributed by atoms with Gasteiger partial charge in [-0.05, 0) is 43.7 Å². The van der Waals surface area contributed by atoms with E-state index in [-0.39, 0.29) is 35.5 Å². The molecule has 0 spiro atoms. The SMILES string of the molecule is Cc1cc(Nc2ncc(F)c(N[C@@H]3[C@H]4[C@H]5C=C[C@@H]3[C@@]45C(N)=O)n2)ccc1N1CCN(C)CC1. The minimum absolute atomic E-state index is 0.000503. The van der Waals surface area contributed by atoms with E-state index in [0.717, 1.165) is 31.9 Å². The van der Waals surface area contributed by atoms with E-state index >= 15 is 0 Å². The van der Waals surface area contributed by atoms with Crippen molar-refractivity contribution in [3.05, 3.63) is 47.9 Å². The van der Waals surface area contributed by atoms with E-state index in [9.17, 15) is 9.18 Å². The van der Waals surface area contributed by atoms with Gasteiger partial charge in [0, 0.05) is 55.4 Å². The summed E-state index contributed by atoms with van der Waals surface area (Å²) in [7, 11) is 2.15. The van der Waals surface area contributed by atoms with Crippen LogP contribution < -0.4 is 21.3 Å². The molecular weight excluding hydrogens is 421 g/mol. The topological polar surface area (TPSA) is 99.4 Å². The summed E-state index contributed by atoms with van der Waals surface area (Å²) in [5.41, 5.74) is 8.44. The Balaban J connectivity index is 1.16. The fraction of sp³-hybridized carbons (Fsp3) is 0.458. The first-order valence-electron chi connectivity index (χ1n) is 11.5. The Kier molecular flexibility index (Phi) is 4.42. The Bertz CT molecular complexity index is 1160. The Hall–Kier alpha value is -3.20. The van der Waals surface area contributed by atoms with Gasteiger partial charge in [-0.3, -0.25) is 4.79 Å². The molecule has 1 aromatic heterocycles. The van der Waals surface area contributed by atoms with Crippen LogP contribution in [0.1, 0.15) is 5.56 Å². The number of allylic oxidation sites excluding steroid dienone is 1. The Morgan fingerprint density at radius 3 is 2.64 bits per heavy atom. The van der Waals surface area contributed by atoms with Crippen molar-refractivity contribution in [2.75, 3.05) is 48.8 Å². The second kappa shape index (κ2) is 7.15. The van der Waals surface area contributed by atoms with Crippen molar-refractivity contribution >= 4 is 29.0 Å². The molecule has 1 aromatic carbocycles. The molecule has 4 aliphatic rings. The van der Waals surface area contributed by atoms with Crippen molar-refractivity contribution in [1.29, 1.82) is 0 Å². The van der Waals surface area contributed by atoms with Gasteiger partial charge in [0.15, 0.2) is 11.6 Å². The lowest BCUT2D eigenvalue weighted by molar-refractivity contribution is -0.128. The van der Waals surface area contributed by atoms with E-state index in [1.54, 1.807) is 0 Å². The zero-order valence-electron chi connectivity index (χ0n) is 18.8. The van der Waals surface area contributed by atoms with Crippen molar-refractivity contribution < 1.29 is 9.18 Å². The molecule has 172 valence electrons. The number of amides is 1. The van der Waals surface area contributed by atoms with E-state index in [1.165, 1.54) is 17.4 Å². The molecule has 9 heteroatoms. The third-order valence-corrected chi connectivity index (χ3v) is 8.00. The molecule has 3 fully saturated rings. The molecule has 4 N–H and O–H groups in total. The largest absolute Gasteiger partial charge is 0.369 e. The number of aryl methyl sites for hydroxylation is 1. The number of likely N-dealkylation sites (N-methyl/N-ethyl adjacent to an activating group) is 1. The van der Waals surface area contributed by atoms with Gasteiger partial charge in [0.25, 0.3) is 0 Å². The monoisotopic (exact) mass is 449 g/mol. The highest BCUT2D eigenvalue weighted by Gasteiger charge is 2.85. The number of carbonyl (C=O) groups is 1. The quantitative estimate of drug-likeness (QED) is 0.581. The Labute approximate surface area is 192 Å². The smallest absolute Gasteiger partial charge is 0.229 e. The fourth-order valence-electron chi connectivity index (χ4n) is 6.25. The van der Waals surface area contributed by atoms with E-state index in [1.807, 2.05) is 12.1 Å². The highest BCUT2D eigenvalue weighted by atomic mass is 19.1. The number of nitrogens with two attached hydrogens (primary N) is 1. The summed E-state index contributed by atoms with van der Waals surface area (Å²) < 4.78 is 14.5. The van der Waals surface area contributed by atoms with Gasteiger partial charge < -0.3 is 26.2 Å². The summed E-state index contributed by atoms with van der Waals surface area (Å²) >= 11 is 0. The molecule has 5 atom stereocenters. The van der Waals surface area contributed by atoms with Gasteiger partial charge in [-0.15, -0.1) is 0 Å². The molecule has 1 aliphatic heterocycles. The van der Waals surface area contributed by atoms with E-state index in [4.69, 9.17) is 5.73 Å². The number of halogens is 1. The highest BCUT2D eigenvalue weighted by Crippen LogP contribution is 2.79. The summed E-state index contributed by atoms with van der Waals surface area (Å²) in [5, 5.41) is 6.40. The van der Waals surface area contributed by atoms with Crippen LogP contribution in [-0.4, -0.2) is 60.0 Å². The average Bonchev–Trinajstić information content (AvgIpc) is 3.23. The van der Waals surface area contributed by atoms with Crippen molar-refractivity contribution in [3.63, 3.8) is 0 Å². The number of aromatic nitrogens is 2. The van der Waals surface area contributed by atoms with Crippen LogP contribution in [0.4, 0.5) is 27.5 Å². The van der Waals surface area contributed by atoms with Crippen molar-refractivity contribution in [1.82, 2.24) is 14.9 Å². The standard InChI is InChI=1S/C24H28FN7O/c1-13-11-14(3-6-18(13)32-9-7-31(2)8-10-32)28-23-27-12-17(25)21(30-23)29-20-16-5-4-15-19(20)24(15,16)22(26)33/h3-6,11-12,15-16,19-20H,7-10H2,1-2H3,(H2,26,33)(H2,27,28,29,30)/t15-,16+,19-,20+,24-/m1/s1.